The second-order valence-corrected chi connectivity index (χ2v) is 10.7. The van der Waals surface area contributed by atoms with Crippen LogP contribution in [0.2, 0.25) is 10.0 Å². The maximum Gasteiger partial charge on any atom is 0.244 e. The van der Waals surface area contributed by atoms with Gasteiger partial charge in [0.2, 0.25) is 15.9 Å². The zero-order valence-electron chi connectivity index (χ0n) is 15.7. The van der Waals surface area contributed by atoms with Crippen molar-refractivity contribution in [1.29, 1.82) is 0 Å². The molecule has 0 bridgehead atoms. The van der Waals surface area contributed by atoms with E-state index in [2.05, 4.69) is 21.2 Å². The molecule has 2 aromatic rings. The highest BCUT2D eigenvalue weighted by Crippen LogP contribution is 2.30. The number of piperidine rings is 1. The number of nitrogens with one attached hydrogen (secondary N) is 1. The van der Waals surface area contributed by atoms with Gasteiger partial charge in [-0.25, -0.2) is 8.42 Å². The summed E-state index contributed by atoms with van der Waals surface area (Å²) in [6, 6.07) is 12.0. The molecule has 0 saturated carbocycles. The van der Waals surface area contributed by atoms with Crippen LogP contribution < -0.4 is 5.32 Å². The molecule has 0 aliphatic carbocycles. The number of sulfonamides is 1. The molecule has 156 valence electrons. The lowest BCUT2D eigenvalue weighted by molar-refractivity contribution is -0.126. The van der Waals surface area contributed by atoms with Crippen molar-refractivity contribution in [2.75, 3.05) is 13.1 Å². The molecule has 0 spiro atoms. The van der Waals surface area contributed by atoms with Gasteiger partial charge in [-0.15, -0.1) is 0 Å². The minimum Gasteiger partial charge on any atom is -0.349 e. The van der Waals surface area contributed by atoms with Gasteiger partial charge in [0, 0.05) is 28.5 Å². The van der Waals surface area contributed by atoms with Crippen molar-refractivity contribution in [3.8, 4) is 0 Å². The molecule has 29 heavy (non-hydrogen) atoms. The van der Waals surface area contributed by atoms with Crippen LogP contribution >= 0.6 is 39.1 Å². The Balaban J connectivity index is 1.62. The first-order chi connectivity index (χ1) is 13.7. The number of halogens is 3. The number of rotatable bonds is 5. The van der Waals surface area contributed by atoms with E-state index in [-0.39, 0.29) is 40.9 Å². The van der Waals surface area contributed by atoms with Crippen LogP contribution in [0.3, 0.4) is 0 Å². The molecule has 5 nitrogen and oxygen atoms in total. The predicted molar refractivity (Wildman–Crippen MR) is 119 cm³/mol. The van der Waals surface area contributed by atoms with Crippen molar-refractivity contribution in [3.05, 3.63) is 62.5 Å². The summed E-state index contributed by atoms with van der Waals surface area (Å²) in [4.78, 5) is 12.7. The number of benzene rings is 2. The van der Waals surface area contributed by atoms with E-state index < -0.39 is 10.0 Å². The smallest absolute Gasteiger partial charge is 0.244 e. The summed E-state index contributed by atoms with van der Waals surface area (Å²) in [7, 11) is -3.76. The van der Waals surface area contributed by atoms with Gasteiger partial charge in [0.05, 0.1) is 11.1 Å². The highest BCUT2D eigenvalue weighted by Gasteiger charge is 2.33. The minimum absolute atomic E-state index is 0.00200. The second kappa shape index (κ2) is 9.35. The molecule has 3 rings (SSSR count). The maximum atomic E-state index is 12.9. The van der Waals surface area contributed by atoms with Crippen LogP contribution in [0.1, 0.15) is 31.4 Å². The Kier molecular flexibility index (Phi) is 7.27. The maximum absolute atomic E-state index is 12.9. The highest BCUT2D eigenvalue weighted by molar-refractivity contribution is 9.10. The van der Waals surface area contributed by atoms with Gasteiger partial charge in [-0.2, -0.15) is 4.31 Å². The standard InChI is InChI=1S/C20H21BrCl2N2O3S/c1-13(15-3-2-4-16(21)11-15)24-20(26)14-7-9-25(10-8-14)29(27,28)19-12-17(22)5-6-18(19)23/h2-6,11-14H,7-10H2,1H3,(H,24,26)/t13-/m0/s1. The fourth-order valence-electron chi connectivity index (χ4n) is 3.36. The van der Waals surface area contributed by atoms with Gasteiger partial charge < -0.3 is 5.32 Å². The van der Waals surface area contributed by atoms with Crippen LogP contribution in [0.4, 0.5) is 0 Å². The molecular weight excluding hydrogens is 499 g/mol. The second-order valence-electron chi connectivity index (χ2n) is 7.04. The molecule has 0 aromatic heterocycles. The van der Waals surface area contributed by atoms with Crippen molar-refractivity contribution >= 4 is 55.1 Å². The lowest BCUT2D eigenvalue weighted by Crippen LogP contribution is -2.43. The first-order valence-electron chi connectivity index (χ1n) is 9.19. The topological polar surface area (TPSA) is 66.5 Å². The lowest BCUT2D eigenvalue weighted by atomic mass is 9.96. The zero-order valence-corrected chi connectivity index (χ0v) is 19.7. The highest BCUT2D eigenvalue weighted by atomic mass is 79.9. The third kappa shape index (κ3) is 5.33. The lowest BCUT2D eigenvalue weighted by Gasteiger charge is -2.31. The van der Waals surface area contributed by atoms with Crippen LogP contribution in [0.25, 0.3) is 0 Å². The molecule has 1 aliphatic rings. The molecule has 0 unspecified atom stereocenters. The molecule has 1 saturated heterocycles. The Morgan fingerprint density at radius 1 is 1.17 bits per heavy atom. The molecule has 1 atom stereocenters. The summed E-state index contributed by atoms with van der Waals surface area (Å²) in [5.41, 5.74) is 1.00. The molecule has 0 radical (unpaired) electrons. The Morgan fingerprint density at radius 3 is 2.52 bits per heavy atom. The first kappa shape index (κ1) is 22.6. The normalized spacial score (nSPS) is 17.1. The van der Waals surface area contributed by atoms with Crippen molar-refractivity contribution in [1.82, 2.24) is 9.62 Å². The molecule has 1 N–H and O–H groups in total. The van der Waals surface area contributed by atoms with Gasteiger partial charge in [-0.1, -0.05) is 51.3 Å². The Bertz CT molecular complexity index is 1010. The number of amides is 1. The average Bonchev–Trinajstić information content (AvgIpc) is 2.69. The van der Waals surface area contributed by atoms with Crippen LogP contribution in [0.15, 0.2) is 51.8 Å². The number of hydrogen-bond acceptors (Lipinski definition) is 3. The Morgan fingerprint density at radius 2 is 1.86 bits per heavy atom. The third-order valence-corrected chi connectivity index (χ3v) is 8.15. The summed E-state index contributed by atoms with van der Waals surface area (Å²) in [6.45, 7) is 2.45. The van der Waals surface area contributed by atoms with Crippen LogP contribution in [-0.2, 0) is 14.8 Å². The SMILES string of the molecule is C[C@H](NC(=O)C1CCN(S(=O)(=O)c2cc(Cl)ccc2Cl)CC1)c1cccc(Br)c1. The fraction of sp³-hybridized carbons (Fsp3) is 0.350. The van der Waals surface area contributed by atoms with Gasteiger partial charge >= 0.3 is 0 Å². The van der Waals surface area contributed by atoms with E-state index in [0.717, 1.165) is 10.0 Å². The van der Waals surface area contributed by atoms with E-state index in [4.69, 9.17) is 23.2 Å². The third-order valence-electron chi connectivity index (χ3n) is 5.04. The van der Waals surface area contributed by atoms with E-state index in [1.54, 1.807) is 6.07 Å². The molecule has 1 aliphatic heterocycles. The molecular formula is C20H21BrCl2N2O3S. The van der Waals surface area contributed by atoms with E-state index >= 15 is 0 Å². The number of carbonyl (C=O) groups excluding carboxylic acids is 1. The van der Waals surface area contributed by atoms with Gasteiger partial charge in [0.25, 0.3) is 0 Å². The Labute approximate surface area is 189 Å². The van der Waals surface area contributed by atoms with E-state index in [1.165, 1.54) is 16.4 Å². The van der Waals surface area contributed by atoms with Crippen molar-refractivity contribution in [2.45, 2.75) is 30.7 Å². The number of carbonyl (C=O) groups is 1. The number of hydrogen-bond donors (Lipinski definition) is 1. The summed E-state index contributed by atoms with van der Waals surface area (Å²) < 4.78 is 28.1. The molecule has 1 fully saturated rings. The molecule has 2 aromatic carbocycles. The Hall–Kier alpha value is -1.12. The fourth-order valence-corrected chi connectivity index (χ4v) is 5.99. The van der Waals surface area contributed by atoms with Gasteiger partial charge in [0.15, 0.2) is 0 Å². The van der Waals surface area contributed by atoms with E-state index in [0.29, 0.717) is 17.9 Å². The first-order valence-corrected chi connectivity index (χ1v) is 12.2. The summed E-state index contributed by atoms with van der Waals surface area (Å²) in [6.07, 6.45) is 0.906. The van der Waals surface area contributed by atoms with Crippen LogP contribution in [0, 0.1) is 5.92 Å². The summed E-state index contributed by atoms with van der Waals surface area (Å²) in [5.74, 6) is -0.291. The average molecular weight is 520 g/mol. The van der Waals surface area contributed by atoms with Gasteiger partial charge in [-0.05, 0) is 55.7 Å². The zero-order chi connectivity index (χ0) is 21.2. The quantitative estimate of drug-likeness (QED) is 0.602. The van der Waals surface area contributed by atoms with E-state index in [9.17, 15) is 13.2 Å². The van der Waals surface area contributed by atoms with Crippen LogP contribution in [-0.4, -0.2) is 31.7 Å². The monoisotopic (exact) mass is 518 g/mol. The molecule has 1 heterocycles. The minimum atomic E-state index is -3.76. The van der Waals surface area contributed by atoms with Gasteiger partial charge in [0.1, 0.15) is 4.90 Å². The summed E-state index contributed by atoms with van der Waals surface area (Å²) >= 11 is 15.4. The molecule has 1 amide bonds. The van der Waals surface area contributed by atoms with Gasteiger partial charge in [-0.3, -0.25) is 4.79 Å². The van der Waals surface area contributed by atoms with Crippen molar-refractivity contribution in [2.24, 2.45) is 5.92 Å². The van der Waals surface area contributed by atoms with Crippen molar-refractivity contribution < 1.29 is 13.2 Å². The van der Waals surface area contributed by atoms with Crippen LogP contribution in [0.5, 0.6) is 0 Å². The predicted octanol–water partition coefficient (Wildman–Crippen LogP) is 5.03. The summed E-state index contributed by atoms with van der Waals surface area (Å²) in [5, 5.41) is 3.47. The number of nitrogens with zero attached hydrogens (tertiary/aromatic N) is 1. The molecule has 9 heteroatoms. The van der Waals surface area contributed by atoms with Crippen molar-refractivity contribution in [3.63, 3.8) is 0 Å². The van der Waals surface area contributed by atoms with E-state index in [1.807, 2.05) is 31.2 Å². The largest absolute Gasteiger partial charge is 0.349 e.